The molecule has 0 aromatic heterocycles. The highest BCUT2D eigenvalue weighted by atomic mass is 16.2. The number of likely N-dealkylation sites (tertiary alicyclic amines) is 1. The van der Waals surface area contributed by atoms with Crippen molar-refractivity contribution >= 4 is 5.91 Å². The third kappa shape index (κ3) is 2.50. The summed E-state index contributed by atoms with van der Waals surface area (Å²) in [7, 11) is 0. The van der Waals surface area contributed by atoms with E-state index in [9.17, 15) is 4.79 Å². The quantitative estimate of drug-likeness (QED) is 0.616. The molecule has 0 aromatic rings. The molecule has 1 aliphatic heterocycles. The van der Waals surface area contributed by atoms with E-state index in [4.69, 9.17) is 0 Å². The largest absolute Gasteiger partial charge is 0.343 e. The molecule has 2 nitrogen and oxygen atoms in total. The van der Waals surface area contributed by atoms with Crippen LogP contribution in [-0.2, 0) is 4.79 Å². The lowest BCUT2D eigenvalue weighted by molar-refractivity contribution is -0.130. The number of amides is 1. The standard InChI is InChI=1S/C10H18NO/c1-3-4-10-5-7-11(8-6-10)9(2)12/h4,10H,3,5-8H2,1-2H3. The molecular weight excluding hydrogens is 150 g/mol. The van der Waals surface area contributed by atoms with E-state index in [0.717, 1.165) is 38.3 Å². The lowest BCUT2D eigenvalue weighted by Gasteiger charge is -2.30. The van der Waals surface area contributed by atoms with Crippen molar-refractivity contribution in [3.8, 4) is 0 Å². The molecule has 69 valence electrons. The summed E-state index contributed by atoms with van der Waals surface area (Å²) in [6, 6.07) is 0. The van der Waals surface area contributed by atoms with Crippen LogP contribution < -0.4 is 0 Å². The third-order valence-electron chi connectivity index (χ3n) is 2.55. The Hall–Kier alpha value is -0.530. The SMILES string of the molecule is CC[CH]C1CCN(C(C)=O)CC1. The van der Waals surface area contributed by atoms with Gasteiger partial charge in [-0.05, 0) is 25.2 Å². The molecule has 1 radical (unpaired) electrons. The molecule has 1 fully saturated rings. The number of carbonyl (C=O) groups is 1. The number of hydrogen-bond acceptors (Lipinski definition) is 1. The van der Waals surface area contributed by atoms with Crippen molar-refractivity contribution in [3.05, 3.63) is 6.42 Å². The van der Waals surface area contributed by atoms with Crippen LogP contribution in [0.2, 0.25) is 0 Å². The van der Waals surface area contributed by atoms with Gasteiger partial charge in [0.1, 0.15) is 0 Å². The summed E-state index contributed by atoms with van der Waals surface area (Å²) in [5.74, 6) is 0.982. The van der Waals surface area contributed by atoms with Crippen molar-refractivity contribution in [2.24, 2.45) is 5.92 Å². The van der Waals surface area contributed by atoms with Gasteiger partial charge in [-0.25, -0.2) is 0 Å². The second-order valence-electron chi connectivity index (χ2n) is 3.49. The van der Waals surface area contributed by atoms with Crippen LogP contribution in [0.3, 0.4) is 0 Å². The Balaban J connectivity index is 2.25. The Kier molecular flexibility index (Phi) is 3.57. The molecular formula is C10H18NO. The van der Waals surface area contributed by atoms with Crippen molar-refractivity contribution < 1.29 is 4.79 Å². The van der Waals surface area contributed by atoms with E-state index in [2.05, 4.69) is 13.3 Å². The normalized spacial score (nSPS) is 19.7. The van der Waals surface area contributed by atoms with Crippen LogP contribution in [0.4, 0.5) is 0 Å². The fourth-order valence-electron chi connectivity index (χ4n) is 1.78. The Morgan fingerprint density at radius 2 is 2.08 bits per heavy atom. The highest BCUT2D eigenvalue weighted by molar-refractivity contribution is 5.73. The highest BCUT2D eigenvalue weighted by Gasteiger charge is 2.19. The number of hydrogen-bond donors (Lipinski definition) is 0. The van der Waals surface area contributed by atoms with Crippen molar-refractivity contribution in [1.29, 1.82) is 0 Å². The first-order chi connectivity index (χ1) is 5.74. The van der Waals surface area contributed by atoms with Gasteiger partial charge in [0.05, 0.1) is 0 Å². The first-order valence-corrected chi connectivity index (χ1v) is 4.83. The van der Waals surface area contributed by atoms with Crippen LogP contribution in [0.1, 0.15) is 33.1 Å². The summed E-state index contributed by atoms with van der Waals surface area (Å²) in [4.78, 5) is 12.9. The van der Waals surface area contributed by atoms with Crippen molar-refractivity contribution in [2.75, 3.05) is 13.1 Å². The summed E-state index contributed by atoms with van der Waals surface area (Å²) < 4.78 is 0. The Morgan fingerprint density at radius 1 is 1.50 bits per heavy atom. The Morgan fingerprint density at radius 3 is 2.50 bits per heavy atom. The molecule has 12 heavy (non-hydrogen) atoms. The smallest absolute Gasteiger partial charge is 0.219 e. The van der Waals surface area contributed by atoms with Gasteiger partial charge in [-0.15, -0.1) is 0 Å². The molecule has 0 bridgehead atoms. The fraction of sp³-hybridized carbons (Fsp3) is 0.800. The van der Waals surface area contributed by atoms with Crippen LogP contribution >= 0.6 is 0 Å². The van der Waals surface area contributed by atoms with Crippen molar-refractivity contribution in [2.45, 2.75) is 33.1 Å². The molecule has 0 saturated carbocycles. The van der Waals surface area contributed by atoms with E-state index in [0.29, 0.717) is 0 Å². The van der Waals surface area contributed by atoms with Gasteiger partial charge in [-0.3, -0.25) is 4.79 Å². The minimum Gasteiger partial charge on any atom is -0.343 e. The third-order valence-corrected chi connectivity index (χ3v) is 2.55. The van der Waals surface area contributed by atoms with Crippen LogP contribution in [0.15, 0.2) is 0 Å². The van der Waals surface area contributed by atoms with Gasteiger partial charge in [0, 0.05) is 20.0 Å². The van der Waals surface area contributed by atoms with Gasteiger partial charge < -0.3 is 4.90 Å². The summed E-state index contributed by atoms with van der Waals surface area (Å²) in [6.45, 7) is 5.74. The number of rotatable bonds is 2. The van der Waals surface area contributed by atoms with Gasteiger partial charge >= 0.3 is 0 Å². The predicted molar refractivity (Wildman–Crippen MR) is 49.6 cm³/mol. The zero-order valence-electron chi connectivity index (χ0n) is 8.05. The van der Waals surface area contributed by atoms with Crippen LogP contribution in [0.25, 0.3) is 0 Å². The van der Waals surface area contributed by atoms with Crippen LogP contribution in [0, 0.1) is 12.3 Å². The molecule has 1 heterocycles. The van der Waals surface area contributed by atoms with Gasteiger partial charge in [-0.1, -0.05) is 13.3 Å². The molecule has 0 N–H and O–H groups in total. The minimum absolute atomic E-state index is 0.227. The monoisotopic (exact) mass is 168 g/mol. The molecule has 0 atom stereocenters. The second-order valence-corrected chi connectivity index (χ2v) is 3.49. The molecule has 0 aliphatic carbocycles. The second kappa shape index (κ2) is 4.48. The number of nitrogens with zero attached hydrogens (tertiary/aromatic N) is 1. The summed E-state index contributed by atoms with van der Waals surface area (Å²) in [5, 5.41) is 0. The fourth-order valence-corrected chi connectivity index (χ4v) is 1.78. The van der Waals surface area contributed by atoms with E-state index in [1.165, 1.54) is 0 Å². The first-order valence-electron chi connectivity index (χ1n) is 4.83. The molecule has 1 saturated heterocycles. The maximum atomic E-state index is 11.0. The molecule has 1 amide bonds. The van der Waals surface area contributed by atoms with E-state index < -0.39 is 0 Å². The average molecular weight is 168 g/mol. The lowest BCUT2D eigenvalue weighted by atomic mass is 9.92. The summed E-state index contributed by atoms with van der Waals surface area (Å²) in [6.07, 6.45) is 5.85. The van der Waals surface area contributed by atoms with Crippen LogP contribution in [0.5, 0.6) is 0 Å². The minimum atomic E-state index is 0.227. The molecule has 0 unspecified atom stereocenters. The Labute approximate surface area is 74.9 Å². The van der Waals surface area contributed by atoms with Gasteiger partial charge in [0.25, 0.3) is 0 Å². The number of piperidine rings is 1. The highest BCUT2D eigenvalue weighted by Crippen LogP contribution is 2.20. The molecule has 1 rings (SSSR count). The maximum absolute atomic E-state index is 11.0. The van der Waals surface area contributed by atoms with Gasteiger partial charge in [-0.2, -0.15) is 0 Å². The van der Waals surface area contributed by atoms with E-state index >= 15 is 0 Å². The first kappa shape index (κ1) is 9.56. The van der Waals surface area contributed by atoms with Crippen LogP contribution in [-0.4, -0.2) is 23.9 Å². The molecule has 2 heteroatoms. The zero-order valence-corrected chi connectivity index (χ0v) is 8.05. The van der Waals surface area contributed by atoms with Crippen molar-refractivity contribution in [3.63, 3.8) is 0 Å². The zero-order chi connectivity index (χ0) is 8.97. The summed E-state index contributed by atoms with van der Waals surface area (Å²) in [5.41, 5.74) is 0. The van der Waals surface area contributed by atoms with Gasteiger partial charge in [0.15, 0.2) is 0 Å². The lowest BCUT2D eigenvalue weighted by Crippen LogP contribution is -2.37. The topological polar surface area (TPSA) is 20.3 Å². The average Bonchev–Trinajstić information content (AvgIpc) is 2.06. The van der Waals surface area contributed by atoms with Gasteiger partial charge in [0.2, 0.25) is 5.91 Å². The maximum Gasteiger partial charge on any atom is 0.219 e. The van der Waals surface area contributed by atoms with E-state index in [1.54, 1.807) is 6.92 Å². The number of carbonyl (C=O) groups excluding carboxylic acids is 1. The molecule has 1 aliphatic rings. The van der Waals surface area contributed by atoms with E-state index in [-0.39, 0.29) is 5.91 Å². The molecule has 0 aromatic carbocycles. The predicted octanol–water partition coefficient (Wildman–Crippen LogP) is 1.86. The Bertz CT molecular complexity index is 148. The molecule has 0 spiro atoms. The van der Waals surface area contributed by atoms with Crippen molar-refractivity contribution in [1.82, 2.24) is 4.90 Å². The van der Waals surface area contributed by atoms with E-state index in [1.807, 2.05) is 4.90 Å². The summed E-state index contributed by atoms with van der Waals surface area (Å²) >= 11 is 0.